The second-order valence-corrected chi connectivity index (χ2v) is 9.90. The number of fused-ring (bicyclic) bond motifs is 1. The molecule has 1 aliphatic heterocycles. The first-order valence-corrected chi connectivity index (χ1v) is 11.6. The predicted molar refractivity (Wildman–Crippen MR) is 112 cm³/mol. The number of morpholine rings is 1. The molecule has 0 spiro atoms. The maximum Gasteiger partial charge on any atom is 0.348 e. The van der Waals surface area contributed by atoms with Crippen LogP contribution in [0.5, 0.6) is 0 Å². The first-order valence-electron chi connectivity index (χ1n) is 9.39. The van der Waals surface area contributed by atoms with Crippen LogP contribution in [0.1, 0.15) is 20.8 Å². The van der Waals surface area contributed by atoms with Gasteiger partial charge >= 0.3 is 5.97 Å². The lowest BCUT2D eigenvalue weighted by atomic mass is 10.1. The zero-order chi connectivity index (χ0) is 21.3. The number of sulfonamides is 1. The summed E-state index contributed by atoms with van der Waals surface area (Å²) in [6, 6.07) is 11.1. The van der Waals surface area contributed by atoms with Gasteiger partial charge in [-0.05, 0) is 42.3 Å². The largest absolute Gasteiger partial charge is 0.457 e. The Bertz CT molecular complexity index is 1200. The highest BCUT2D eigenvalue weighted by Crippen LogP contribution is 2.33. The van der Waals surface area contributed by atoms with Crippen molar-refractivity contribution < 1.29 is 27.1 Å². The summed E-state index contributed by atoms with van der Waals surface area (Å²) in [6.07, 6.45) is 0. The van der Waals surface area contributed by atoms with Crippen molar-refractivity contribution in [3.63, 3.8) is 0 Å². The van der Waals surface area contributed by atoms with E-state index < -0.39 is 16.0 Å². The van der Waals surface area contributed by atoms with Gasteiger partial charge in [-0.25, -0.2) is 17.6 Å². The Labute approximate surface area is 177 Å². The highest BCUT2D eigenvalue weighted by Gasteiger charge is 2.26. The van der Waals surface area contributed by atoms with Crippen LogP contribution in [0.4, 0.5) is 4.39 Å². The Morgan fingerprint density at radius 2 is 1.93 bits per heavy atom. The summed E-state index contributed by atoms with van der Waals surface area (Å²) >= 11 is 1.18. The molecule has 0 aliphatic carbocycles. The molecule has 1 aliphatic rings. The van der Waals surface area contributed by atoms with Crippen molar-refractivity contribution in [2.24, 2.45) is 0 Å². The zero-order valence-electron chi connectivity index (χ0n) is 16.3. The number of aryl methyl sites for hydroxylation is 1. The van der Waals surface area contributed by atoms with Gasteiger partial charge in [0.1, 0.15) is 17.3 Å². The molecule has 9 heteroatoms. The molecule has 6 nitrogen and oxygen atoms in total. The quantitative estimate of drug-likeness (QED) is 0.555. The minimum Gasteiger partial charge on any atom is -0.457 e. The maximum absolute atomic E-state index is 14.1. The van der Waals surface area contributed by atoms with E-state index in [-0.39, 0.29) is 17.3 Å². The van der Waals surface area contributed by atoms with Crippen molar-refractivity contribution in [3.05, 3.63) is 64.3 Å². The zero-order valence-corrected chi connectivity index (χ0v) is 17.9. The van der Waals surface area contributed by atoms with Crippen LogP contribution in [0.15, 0.2) is 47.4 Å². The average molecular weight is 450 g/mol. The van der Waals surface area contributed by atoms with Crippen LogP contribution in [0.25, 0.3) is 10.1 Å². The molecular formula is C21H20FNO5S2. The number of carbonyl (C=O) groups excluding carboxylic acids is 1. The van der Waals surface area contributed by atoms with Crippen molar-refractivity contribution in [3.8, 4) is 0 Å². The van der Waals surface area contributed by atoms with E-state index in [1.165, 1.54) is 33.8 Å². The molecule has 1 saturated heterocycles. The molecule has 2 heterocycles. The van der Waals surface area contributed by atoms with Crippen LogP contribution >= 0.6 is 11.3 Å². The molecule has 158 valence electrons. The lowest BCUT2D eigenvalue weighted by Crippen LogP contribution is -2.40. The number of ether oxygens (including phenoxy) is 2. The molecule has 0 N–H and O–H groups in total. The van der Waals surface area contributed by atoms with Crippen LogP contribution < -0.4 is 0 Å². The number of halogens is 1. The molecule has 1 aromatic heterocycles. The van der Waals surface area contributed by atoms with E-state index in [0.29, 0.717) is 52.4 Å². The second-order valence-electron chi connectivity index (χ2n) is 6.91. The lowest BCUT2D eigenvalue weighted by Gasteiger charge is -2.26. The fourth-order valence-electron chi connectivity index (χ4n) is 3.39. The van der Waals surface area contributed by atoms with Crippen LogP contribution in [0, 0.1) is 12.7 Å². The molecule has 4 rings (SSSR count). The number of hydrogen-bond donors (Lipinski definition) is 0. The third-order valence-electron chi connectivity index (χ3n) is 4.96. The summed E-state index contributed by atoms with van der Waals surface area (Å²) in [5, 5.41) is 0.424. The topological polar surface area (TPSA) is 72.9 Å². The van der Waals surface area contributed by atoms with E-state index in [1.54, 1.807) is 31.2 Å². The minimum absolute atomic E-state index is 0.0819. The van der Waals surface area contributed by atoms with Crippen molar-refractivity contribution in [2.45, 2.75) is 18.4 Å². The number of hydrogen-bond acceptors (Lipinski definition) is 6. The van der Waals surface area contributed by atoms with E-state index in [2.05, 4.69) is 0 Å². The van der Waals surface area contributed by atoms with E-state index >= 15 is 0 Å². The monoisotopic (exact) mass is 449 g/mol. The van der Waals surface area contributed by atoms with Crippen LogP contribution in [-0.4, -0.2) is 45.0 Å². The van der Waals surface area contributed by atoms with E-state index in [1.807, 2.05) is 0 Å². The smallest absolute Gasteiger partial charge is 0.348 e. The highest BCUT2D eigenvalue weighted by molar-refractivity contribution is 7.89. The summed E-state index contributed by atoms with van der Waals surface area (Å²) in [5.74, 6) is -0.934. The fourth-order valence-corrected chi connectivity index (χ4v) is 5.99. The Kier molecular flexibility index (Phi) is 5.88. The van der Waals surface area contributed by atoms with Gasteiger partial charge in [0.05, 0.1) is 18.1 Å². The Morgan fingerprint density at radius 1 is 1.20 bits per heavy atom. The van der Waals surface area contributed by atoms with Gasteiger partial charge in [-0.2, -0.15) is 4.31 Å². The normalized spacial score (nSPS) is 15.4. The van der Waals surface area contributed by atoms with Crippen LogP contribution in [-0.2, 0) is 26.1 Å². The predicted octanol–water partition coefficient (Wildman–Crippen LogP) is 3.73. The van der Waals surface area contributed by atoms with Crippen molar-refractivity contribution in [1.29, 1.82) is 0 Å². The Morgan fingerprint density at radius 3 is 2.67 bits per heavy atom. The third-order valence-corrected chi connectivity index (χ3v) is 8.10. The summed E-state index contributed by atoms with van der Waals surface area (Å²) in [7, 11) is -3.63. The molecule has 0 radical (unpaired) electrons. The lowest BCUT2D eigenvalue weighted by molar-refractivity contribution is 0.0477. The molecule has 0 atom stereocenters. The number of rotatable bonds is 5. The number of nitrogens with zero attached hydrogens (tertiary/aromatic N) is 1. The molecule has 2 aromatic carbocycles. The minimum atomic E-state index is -3.63. The van der Waals surface area contributed by atoms with Gasteiger partial charge in [0, 0.05) is 23.2 Å². The molecular weight excluding hydrogens is 429 g/mol. The first kappa shape index (κ1) is 20.9. The number of carbonyl (C=O) groups is 1. The molecule has 30 heavy (non-hydrogen) atoms. The summed E-state index contributed by atoms with van der Waals surface area (Å²) in [6.45, 7) is 2.96. The van der Waals surface area contributed by atoms with Gasteiger partial charge in [0.15, 0.2) is 0 Å². The number of benzene rings is 2. The summed E-state index contributed by atoms with van der Waals surface area (Å²) in [4.78, 5) is 13.1. The van der Waals surface area contributed by atoms with Gasteiger partial charge in [-0.15, -0.1) is 11.3 Å². The number of esters is 1. The fraction of sp³-hybridized carbons (Fsp3) is 0.286. The van der Waals surface area contributed by atoms with Gasteiger partial charge in [-0.3, -0.25) is 0 Å². The van der Waals surface area contributed by atoms with E-state index in [4.69, 9.17) is 9.47 Å². The SMILES string of the molecule is Cc1c(C(=O)OCc2cccc(S(=O)(=O)N3CCOCC3)c2)sc2cccc(F)c12. The van der Waals surface area contributed by atoms with Crippen molar-refractivity contribution >= 4 is 37.4 Å². The standard InChI is InChI=1S/C21H20FNO5S2/c1-14-19-17(22)6-3-7-18(19)29-20(14)21(24)28-13-15-4-2-5-16(12-15)30(25,26)23-8-10-27-11-9-23/h2-7,12H,8-11,13H2,1H3. The molecule has 0 bridgehead atoms. The summed E-state index contributed by atoms with van der Waals surface area (Å²) < 4.78 is 52.4. The van der Waals surface area contributed by atoms with Gasteiger partial charge in [0.25, 0.3) is 0 Å². The molecule has 3 aromatic rings. The first-order chi connectivity index (χ1) is 14.4. The van der Waals surface area contributed by atoms with Gasteiger partial charge in [-0.1, -0.05) is 18.2 Å². The van der Waals surface area contributed by atoms with Gasteiger partial charge < -0.3 is 9.47 Å². The average Bonchev–Trinajstić information content (AvgIpc) is 3.10. The maximum atomic E-state index is 14.1. The van der Waals surface area contributed by atoms with Crippen molar-refractivity contribution in [2.75, 3.05) is 26.3 Å². The highest BCUT2D eigenvalue weighted by atomic mass is 32.2. The molecule has 0 amide bonds. The van der Waals surface area contributed by atoms with Gasteiger partial charge in [0.2, 0.25) is 10.0 Å². The van der Waals surface area contributed by atoms with Crippen LogP contribution in [0.3, 0.4) is 0 Å². The molecule has 0 saturated carbocycles. The summed E-state index contributed by atoms with van der Waals surface area (Å²) in [5.41, 5.74) is 1.10. The van der Waals surface area contributed by atoms with E-state index in [0.717, 1.165) is 0 Å². The Hall–Kier alpha value is -2.33. The molecule has 0 unspecified atom stereocenters. The Balaban J connectivity index is 1.51. The van der Waals surface area contributed by atoms with Crippen molar-refractivity contribution in [1.82, 2.24) is 4.31 Å². The number of thiophene rings is 1. The second kappa shape index (κ2) is 8.43. The molecule has 1 fully saturated rings. The van der Waals surface area contributed by atoms with Crippen LogP contribution in [0.2, 0.25) is 0 Å². The third kappa shape index (κ3) is 3.98. The van der Waals surface area contributed by atoms with E-state index in [9.17, 15) is 17.6 Å².